The molecule has 3 rings (SSSR count). The van der Waals surface area contributed by atoms with Crippen LogP contribution in [-0.4, -0.2) is 88.9 Å². The molecule has 1 aromatic heterocycles. The van der Waals surface area contributed by atoms with Crippen LogP contribution in [0.1, 0.15) is 10.4 Å². The molecule has 2 aromatic rings. The van der Waals surface area contributed by atoms with Crippen molar-refractivity contribution in [3.05, 3.63) is 54.0 Å². The molecule has 0 atom stereocenters. The Hall–Kier alpha value is -2.61. The predicted molar refractivity (Wildman–Crippen MR) is 121 cm³/mol. The highest BCUT2D eigenvalue weighted by molar-refractivity contribution is 7.89. The zero-order chi connectivity index (χ0) is 24.2. The molecule has 1 aromatic carbocycles. The van der Waals surface area contributed by atoms with Gasteiger partial charge in [0.25, 0.3) is 5.91 Å². The van der Waals surface area contributed by atoms with Crippen molar-refractivity contribution in [3.8, 4) is 0 Å². The number of hydrogen-bond donors (Lipinski definition) is 1. The van der Waals surface area contributed by atoms with Crippen LogP contribution in [0, 0.1) is 5.82 Å². The molecule has 180 valence electrons. The van der Waals surface area contributed by atoms with E-state index in [4.69, 9.17) is 0 Å². The largest absolute Gasteiger partial charge is 0.354 e. The maximum Gasteiger partial charge on any atom is 0.251 e. The van der Waals surface area contributed by atoms with E-state index in [1.54, 1.807) is 6.20 Å². The number of hydrogen-bond acceptors (Lipinski definition) is 7. The van der Waals surface area contributed by atoms with Gasteiger partial charge in [-0.25, -0.2) is 30.5 Å². The van der Waals surface area contributed by atoms with Crippen LogP contribution < -0.4 is 10.2 Å². The van der Waals surface area contributed by atoms with Crippen LogP contribution in [0.15, 0.2) is 47.5 Å². The second-order valence-corrected chi connectivity index (χ2v) is 11.8. The van der Waals surface area contributed by atoms with Crippen molar-refractivity contribution in [1.82, 2.24) is 18.9 Å². The molecule has 1 aliphatic heterocycles. The van der Waals surface area contributed by atoms with Gasteiger partial charge in [0.15, 0.2) is 0 Å². The number of piperazine rings is 1. The molecule has 0 saturated carbocycles. The van der Waals surface area contributed by atoms with Crippen molar-refractivity contribution in [2.24, 2.45) is 0 Å². The van der Waals surface area contributed by atoms with Crippen molar-refractivity contribution in [1.29, 1.82) is 0 Å². The molecule has 1 fully saturated rings. The van der Waals surface area contributed by atoms with E-state index in [1.807, 2.05) is 23.1 Å². The number of pyridine rings is 1. The molecule has 0 bridgehead atoms. The molecule has 0 aliphatic carbocycles. The molecule has 33 heavy (non-hydrogen) atoms. The van der Waals surface area contributed by atoms with Crippen molar-refractivity contribution in [3.63, 3.8) is 0 Å². The van der Waals surface area contributed by atoms with E-state index in [2.05, 4.69) is 10.3 Å². The zero-order valence-electron chi connectivity index (χ0n) is 18.3. The van der Waals surface area contributed by atoms with Gasteiger partial charge in [0, 0.05) is 58.6 Å². The number of sulfonamides is 2. The van der Waals surface area contributed by atoms with Gasteiger partial charge in [-0.15, -0.1) is 0 Å². The molecule has 0 unspecified atom stereocenters. The molecule has 0 radical (unpaired) electrons. The van der Waals surface area contributed by atoms with Gasteiger partial charge >= 0.3 is 0 Å². The lowest BCUT2D eigenvalue weighted by Gasteiger charge is -2.34. The standard InChI is InChI=1S/C20H26FN5O5S2/c1-24(2)33(30,31)18-15-16(6-7-17(18)21)20(27)23-9-14-32(28,29)26-12-10-25(11-13-26)19-5-3-4-8-22-19/h3-8,15H,9-14H2,1-2H3,(H,23,27). The normalized spacial score (nSPS) is 15.6. The average Bonchev–Trinajstić information content (AvgIpc) is 2.79. The van der Waals surface area contributed by atoms with E-state index < -0.39 is 36.7 Å². The van der Waals surface area contributed by atoms with Crippen molar-refractivity contribution in [2.75, 3.05) is 57.5 Å². The Morgan fingerprint density at radius 2 is 1.79 bits per heavy atom. The summed E-state index contributed by atoms with van der Waals surface area (Å²) in [7, 11) is -5.18. The highest BCUT2D eigenvalue weighted by atomic mass is 32.2. The minimum absolute atomic E-state index is 0.0850. The van der Waals surface area contributed by atoms with Crippen LogP contribution in [0.4, 0.5) is 10.2 Å². The first-order chi connectivity index (χ1) is 15.5. The maximum atomic E-state index is 14.0. The van der Waals surface area contributed by atoms with E-state index >= 15 is 0 Å². The molecule has 2 heterocycles. The fourth-order valence-electron chi connectivity index (χ4n) is 3.30. The van der Waals surface area contributed by atoms with Gasteiger partial charge in [-0.3, -0.25) is 4.79 Å². The Kier molecular flexibility index (Phi) is 7.67. The van der Waals surface area contributed by atoms with Gasteiger partial charge in [-0.05, 0) is 30.3 Å². The van der Waals surface area contributed by atoms with E-state index in [9.17, 15) is 26.0 Å². The summed E-state index contributed by atoms with van der Waals surface area (Å²) in [6.07, 6.45) is 1.68. The fraction of sp³-hybridized carbons (Fsp3) is 0.400. The Morgan fingerprint density at radius 1 is 1.09 bits per heavy atom. The average molecular weight is 500 g/mol. The SMILES string of the molecule is CN(C)S(=O)(=O)c1cc(C(=O)NCCS(=O)(=O)N2CCN(c3ccccn3)CC2)ccc1F. The summed E-state index contributed by atoms with van der Waals surface area (Å²) in [6, 6.07) is 8.52. The summed E-state index contributed by atoms with van der Waals surface area (Å²) in [6.45, 7) is 1.44. The second kappa shape index (κ2) is 10.1. The Labute approximate surface area is 193 Å². The molecule has 13 heteroatoms. The molecular formula is C20H26FN5O5S2. The van der Waals surface area contributed by atoms with Crippen molar-refractivity contribution < 1.29 is 26.0 Å². The van der Waals surface area contributed by atoms with Gasteiger partial charge in [-0.2, -0.15) is 4.31 Å². The number of anilines is 1. The van der Waals surface area contributed by atoms with Crippen LogP contribution in [0.5, 0.6) is 0 Å². The van der Waals surface area contributed by atoms with Gasteiger partial charge in [-0.1, -0.05) is 6.07 Å². The summed E-state index contributed by atoms with van der Waals surface area (Å²) in [4.78, 5) is 18.0. The Bertz CT molecular complexity index is 1200. The molecule has 1 saturated heterocycles. The highest BCUT2D eigenvalue weighted by Crippen LogP contribution is 2.19. The van der Waals surface area contributed by atoms with Crippen molar-refractivity contribution >= 4 is 31.8 Å². The first-order valence-corrected chi connectivity index (χ1v) is 13.2. The topological polar surface area (TPSA) is 120 Å². The van der Waals surface area contributed by atoms with E-state index in [0.717, 1.165) is 28.3 Å². The summed E-state index contributed by atoms with van der Waals surface area (Å²) in [5, 5.41) is 2.46. The number of rotatable bonds is 8. The third-order valence-electron chi connectivity index (χ3n) is 5.20. The fourth-order valence-corrected chi connectivity index (χ4v) is 5.62. The zero-order valence-corrected chi connectivity index (χ0v) is 19.9. The molecule has 1 N–H and O–H groups in total. The van der Waals surface area contributed by atoms with Crippen molar-refractivity contribution in [2.45, 2.75) is 4.90 Å². The lowest BCUT2D eigenvalue weighted by molar-refractivity contribution is 0.0955. The number of aromatic nitrogens is 1. The summed E-state index contributed by atoms with van der Waals surface area (Å²) in [5.41, 5.74) is -0.0850. The van der Waals surface area contributed by atoms with Crippen LogP contribution in [0.25, 0.3) is 0 Å². The molecule has 1 aliphatic rings. The highest BCUT2D eigenvalue weighted by Gasteiger charge is 2.28. The minimum atomic E-state index is -4.08. The van der Waals surface area contributed by atoms with E-state index in [0.29, 0.717) is 26.2 Å². The van der Waals surface area contributed by atoms with Crippen LogP contribution in [0.3, 0.4) is 0 Å². The molecule has 0 spiro atoms. The minimum Gasteiger partial charge on any atom is -0.354 e. The molecular weight excluding hydrogens is 473 g/mol. The smallest absolute Gasteiger partial charge is 0.251 e. The van der Waals surface area contributed by atoms with E-state index in [-0.39, 0.29) is 17.9 Å². The van der Waals surface area contributed by atoms with Gasteiger partial charge in [0.2, 0.25) is 20.0 Å². The Balaban J connectivity index is 1.56. The van der Waals surface area contributed by atoms with Crippen LogP contribution in [0.2, 0.25) is 0 Å². The number of benzene rings is 1. The number of halogens is 1. The number of carbonyl (C=O) groups excluding carboxylic acids is 1. The third-order valence-corrected chi connectivity index (χ3v) is 8.90. The summed E-state index contributed by atoms with van der Waals surface area (Å²) >= 11 is 0. The summed E-state index contributed by atoms with van der Waals surface area (Å²) in [5.74, 6) is -1.20. The summed E-state index contributed by atoms with van der Waals surface area (Å²) < 4.78 is 66.0. The maximum absolute atomic E-state index is 14.0. The van der Waals surface area contributed by atoms with E-state index in [1.165, 1.54) is 18.4 Å². The lowest BCUT2D eigenvalue weighted by atomic mass is 10.2. The molecule has 10 nitrogen and oxygen atoms in total. The van der Waals surface area contributed by atoms with Crippen LogP contribution in [-0.2, 0) is 20.0 Å². The second-order valence-electron chi connectivity index (χ2n) is 7.58. The number of nitrogens with zero attached hydrogens (tertiary/aromatic N) is 4. The predicted octanol–water partition coefficient (Wildman–Crippen LogP) is 0.353. The van der Waals surface area contributed by atoms with Gasteiger partial charge in [0.05, 0.1) is 5.75 Å². The first kappa shape index (κ1) is 25.0. The quantitative estimate of drug-likeness (QED) is 0.557. The monoisotopic (exact) mass is 499 g/mol. The van der Waals surface area contributed by atoms with Crippen LogP contribution >= 0.6 is 0 Å². The van der Waals surface area contributed by atoms with Gasteiger partial charge < -0.3 is 10.2 Å². The Morgan fingerprint density at radius 3 is 2.39 bits per heavy atom. The molecule has 1 amide bonds. The number of nitrogens with one attached hydrogen (secondary N) is 1. The van der Waals surface area contributed by atoms with Gasteiger partial charge in [0.1, 0.15) is 16.5 Å². The number of carbonyl (C=O) groups is 1. The third kappa shape index (κ3) is 5.85. The lowest BCUT2D eigenvalue weighted by Crippen LogP contribution is -2.50. The first-order valence-electron chi connectivity index (χ1n) is 10.2. The number of amides is 1.